The molecule has 0 aliphatic carbocycles. The Labute approximate surface area is 98.7 Å². The fraction of sp³-hybridized carbons (Fsp3) is 0.167. The molecule has 0 aliphatic rings. The van der Waals surface area contributed by atoms with Gasteiger partial charge >= 0.3 is 0 Å². The van der Waals surface area contributed by atoms with Crippen LogP contribution in [0.5, 0.6) is 0 Å². The quantitative estimate of drug-likeness (QED) is 0.766. The summed E-state index contributed by atoms with van der Waals surface area (Å²) in [6.07, 6.45) is 2.55. The van der Waals surface area contributed by atoms with Gasteiger partial charge in [0.05, 0.1) is 5.69 Å². The van der Waals surface area contributed by atoms with Gasteiger partial charge in [-0.05, 0) is 31.2 Å². The molecule has 82 valence electrons. The van der Waals surface area contributed by atoms with Crippen molar-refractivity contribution in [3.05, 3.63) is 41.0 Å². The third kappa shape index (κ3) is 1.86. The van der Waals surface area contributed by atoms with Crippen LogP contribution in [0.3, 0.4) is 0 Å². The molecular formula is C12H11ClN2O. The summed E-state index contributed by atoms with van der Waals surface area (Å²) in [5.74, 6) is 0. The largest absolute Gasteiger partial charge is 0.298 e. The molecule has 0 radical (unpaired) electrons. The molecule has 4 heteroatoms. The Morgan fingerprint density at radius 1 is 1.44 bits per heavy atom. The second-order valence-electron chi connectivity index (χ2n) is 3.38. The molecule has 0 fully saturated rings. The highest BCUT2D eigenvalue weighted by molar-refractivity contribution is 6.31. The summed E-state index contributed by atoms with van der Waals surface area (Å²) < 4.78 is 1.83. The molecule has 0 atom stereocenters. The van der Waals surface area contributed by atoms with Crippen molar-refractivity contribution in [1.82, 2.24) is 9.78 Å². The first-order valence-electron chi connectivity index (χ1n) is 5.03. The normalized spacial score (nSPS) is 10.4. The van der Waals surface area contributed by atoms with E-state index in [0.29, 0.717) is 10.6 Å². The maximum absolute atomic E-state index is 11.0. The molecule has 0 N–H and O–H groups in total. The highest BCUT2D eigenvalue weighted by atomic mass is 35.5. The van der Waals surface area contributed by atoms with Crippen LogP contribution >= 0.6 is 11.6 Å². The minimum absolute atomic E-state index is 0.615. The van der Waals surface area contributed by atoms with Crippen molar-refractivity contribution in [2.24, 2.45) is 0 Å². The molecule has 0 spiro atoms. The summed E-state index contributed by atoms with van der Waals surface area (Å²) in [6, 6.07) is 7.09. The average Bonchev–Trinajstić information content (AvgIpc) is 2.76. The van der Waals surface area contributed by atoms with E-state index in [-0.39, 0.29) is 0 Å². The van der Waals surface area contributed by atoms with Crippen molar-refractivity contribution in [2.75, 3.05) is 0 Å². The monoisotopic (exact) mass is 234 g/mol. The maximum Gasteiger partial charge on any atom is 0.150 e. The van der Waals surface area contributed by atoms with Gasteiger partial charge in [-0.3, -0.25) is 9.48 Å². The van der Waals surface area contributed by atoms with Crippen LogP contribution in [0.25, 0.3) is 11.3 Å². The molecule has 2 aromatic rings. The van der Waals surface area contributed by atoms with E-state index < -0.39 is 0 Å². The summed E-state index contributed by atoms with van der Waals surface area (Å²) >= 11 is 5.94. The van der Waals surface area contributed by atoms with Gasteiger partial charge in [0.15, 0.2) is 6.29 Å². The zero-order chi connectivity index (χ0) is 11.5. The zero-order valence-electron chi connectivity index (χ0n) is 8.85. The molecule has 0 aliphatic heterocycles. The molecule has 0 unspecified atom stereocenters. The summed E-state index contributed by atoms with van der Waals surface area (Å²) in [4.78, 5) is 11.0. The van der Waals surface area contributed by atoms with Crippen molar-refractivity contribution >= 4 is 17.9 Å². The van der Waals surface area contributed by atoms with E-state index in [2.05, 4.69) is 5.10 Å². The molecule has 0 bridgehead atoms. The molecule has 0 amide bonds. The van der Waals surface area contributed by atoms with Gasteiger partial charge in [-0.15, -0.1) is 0 Å². The first kappa shape index (κ1) is 10.9. The summed E-state index contributed by atoms with van der Waals surface area (Å²) in [7, 11) is 0. The Kier molecular flexibility index (Phi) is 3.06. The smallest absolute Gasteiger partial charge is 0.150 e. The van der Waals surface area contributed by atoms with E-state index >= 15 is 0 Å². The standard InChI is InChI=1S/C12H11ClN2O/c1-2-15-12(5-6-14-15)11-7-10(13)4-3-9(11)8-16/h3-8H,2H2,1H3. The van der Waals surface area contributed by atoms with Gasteiger partial charge in [0.1, 0.15) is 0 Å². The van der Waals surface area contributed by atoms with E-state index in [1.54, 1.807) is 24.4 Å². The number of carbonyl (C=O) groups excluding carboxylic acids is 1. The maximum atomic E-state index is 11.0. The van der Waals surface area contributed by atoms with Crippen molar-refractivity contribution in [1.29, 1.82) is 0 Å². The Balaban J connectivity index is 2.62. The van der Waals surface area contributed by atoms with Gasteiger partial charge in [0.25, 0.3) is 0 Å². The number of rotatable bonds is 3. The molecule has 3 nitrogen and oxygen atoms in total. The molecule has 0 saturated carbocycles. The van der Waals surface area contributed by atoms with Crippen molar-refractivity contribution in [2.45, 2.75) is 13.5 Å². The lowest BCUT2D eigenvalue weighted by Gasteiger charge is -2.07. The first-order chi connectivity index (χ1) is 7.76. The van der Waals surface area contributed by atoms with Gasteiger partial charge in [0.2, 0.25) is 0 Å². The Hall–Kier alpha value is -1.61. The van der Waals surface area contributed by atoms with Gasteiger partial charge in [0, 0.05) is 28.9 Å². The van der Waals surface area contributed by atoms with Gasteiger partial charge in [-0.25, -0.2) is 0 Å². The van der Waals surface area contributed by atoms with Crippen LogP contribution in [-0.2, 0) is 6.54 Å². The zero-order valence-corrected chi connectivity index (χ0v) is 9.61. The lowest BCUT2D eigenvalue weighted by atomic mass is 10.1. The number of halogens is 1. The molecule has 1 heterocycles. The Bertz CT molecular complexity index is 519. The van der Waals surface area contributed by atoms with Crippen LogP contribution in [0.4, 0.5) is 0 Å². The second kappa shape index (κ2) is 4.49. The van der Waals surface area contributed by atoms with Gasteiger partial charge in [-0.1, -0.05) is 11.6 Å². The molecule has 16 heavy (non-hydrogen) atoms. The SMILES string of the molecule is CCn1nccc1-c1cc(Cl)ccc1C=O. The number of hydrogen-bond donors (Lipinski definition) is 0. The predicted molar refractivity (Wildman–Crippen MR) is 63.7 cm³/mol. The van der Waals surface area contributed by atoms with Crippen molar-refractivity contribution in [3.8, 4) is 11.3 Å². The van der Waals surface area contributed by atoms with Crippen molar-refractivity contribution < 1.29 is 4.79 Å². The molecule has 1 aromatic heterocycles. The van der Waals surface area contributed by atoms with Crippen molar-refractivity contribution in [3.63, 3.8) is 0 Å². The molecular weight excluding hydrogens is 224 g/mol. The number of aryl methyl sites for hydroxylation is 1. The van der Waals surface area contributed by atoms with Crippen LogP contribution in [0.1, 0.15) is 17.3 Å². The van der Waals surface area contributed by atoms with Crippen LogP contribution < -0.4 is 0 Å². The average molecular weight is 235 g/mol. The Morgan fingerprint density at radius 3 is 2.94 bits per heavy atom. The minimum atomic E-state index is 0.615. The lowest BCUT2D eigenvalue weighted by Crippen LogP contribution is -2.00. The summed E-state index contributed by atoms with van der Waals surface area (Å²) in [5.41, 5.74) is 2.36. The number of aldehydes is 1. The minimum Gasteiger partial charge on any atom is -0.298 e. The summed E-state index contributed by atoms with van der Waals surface area (Å²) in [5, 5.41) is 4.79. The topological polar surface area (TPSA) is 34.9 Å². The number of benzene rings is 1. The highest BCUT2D eigenvalue weighted by Crippen LogP contribution is 2.25. The molecule has 2 rings (SSSR count). The third-order valence-corrected chi connectivity index (χ3v) is 2.67. The predicted octanol–water partition coefficient (Wildman–Crippen LogP) is 3.04. The van der Waals surface area contributed by atoms with Crippen LogP contribution in [0.2, 0.25) is 5.02 Å². The number of aromatic nitrogens is 2. The van der Waals surface area contributed by atoms with E-state index in [1.807, 2.05) is 17.7 Å². The van der Waals surface area contributed by atoms with Crippen LogP contribution in [0.15, 0.2) is 30.5 Å². The number of nitrogens with zero attached hydrogens (tertiary/aromatic N) is 2. The van der Waals surface area contributed by atoms with Crippen LogP contribution in [-0.4, -0.2) is 16.1 Å². The number of carbonyl (C=O) groups is 1. The molecule has 1 aromatic carbocycles. The van der Waals surface area contributed by atoms with E-state index in [9.17, 15) is 4.79 Å². The van der Waals surface area contributed by atoms with Crippen LogP contribution in [0, 0.1) is 0 Å². The Morgan fingerprint density at radius 2 is 2.25 bits per heavy atom. The number of hydrogen-bond acceptors (Lipinski definition) is 2. The lowest BCUT2D eigenvalue weighted by molar-refractivity contribution is 0.112. The van der Waals surface area contributed by atoms with Gasteiger partial charge in [-0.2, -0.15) is 5.10 Å². The van der Waals surface area contributed by atoms with E-state index in [1.165, 1.54) is 0 Å². The molecule has 0 saturated heterocycles. The highest BCUT2D eigenvalue weighted by Gasteiger charge is 2.09. The first-order valence-corrected chi connectivity index (χ1v) is 5.41. The fourth-order valence-corrected chi connectivity index (χ4v) is 1.84. The third-order valence-electron chi connectivity index (χ3n) is 2.43. The fourth-order valence-electron chi connectivity index (χ4n) is 1.67. The second-order valence-corrected chi connectivity index (χ2v) is 3.82. The van der Waals surface area contributed by atoms with E-state index in [4.69, 9.17) is 11.6 Å². The van der Waals surface area contributed by atoms with Gasteiger partial charge < -0.3 is 0 Å². The summed E-state index contributed by atoms with van der Waals surface area (Å²) in [6.45, 7) is 2.76. The van der Waals surface area contributed by atoms with E-state index in [0.717, 1.165) is 24.1 Å².